The number of rotatable bonds is 7. The Hall–Kier alpha value is -3.20. The van der Waals surface area contributed by atoms with Crippen molar-refractivity contribution < 1.29 is 14.1 Å². The van der Waals surface area contributed by atoms with Crippen LogP contribution in [0, 0.1) is 6.92 Å². The molecule has 1 fully saturated rings. The van der Waals surface area contributed by atoms with Gasteiger partial charge in [0.05, 0.1) is 6.54 Å². The fraction of sp³-hybridized carbons (Fsp3) is 0.400. The van der Waals surface area contributed by atoms with Gasteiger partial charge in [-0.1, -0.05) is 11.2 Å². The number of aromatic amines is 1. The molecule has 0 unspecified atom stereocenters. The second kappa shape index (κ2) is 7.67. The van der Waals surface area contributed by atoms with Crippen molar-refractivity contribution in [2.24, 2.45) is 0 Å². The molecule has 4 rings (SSSR count). The summed E-state index contributed by atoms with van der Waals surface area (Å²) < 4.78 is 5.40. The van der Waals surface area contributed by atoms with Crippen LogP contribution in [-0.2, 0) is 17.6 Å². The molecular weight excluding hydrogens is 372 g/mol. The average molecular weight is 396 g/mol. The van der Waals surface area contributed by atoms with E-state index in [0.717, 1.165) is 40.7 Å². The van der Waals surface area contributed by atoms with Crippen LogP contribution in [0.3, 0.4) is 0 Å². The van der Waals surface area contributed by atoms with Crippen molar-refractivity contribution >= 4 is 22.8 Å². The molecule has 2 N–H and O–H groups in total. The number of nitrogens with one attached hydrogen (secondary N) is 2. The summed E-state index contributed by atoms with van der Waals surface area (Å²) in [5.41, 5.74) is 4.01. The first-order valence-electron chi connectivity index (χ1n) is 9.59. The Morgan fingerprint density at radius 2 is 2.07 bits per heavy atom. The van der Waals surface area contributed by atoms with Crippen molar-refractivity contribution in [3.8, 4) is 11.6 Å². The van der Waals surface area contributed by atoms with Crippen molar-refractivity contribution in [3.63, 3.8) is 0 Å². The van der Waals surface area contributed by atoms with Crippen molar-refractivity contribution in [2.45, 2.75) is 19.8 Å². The molecule has 0 radical (unpaired) electrons. The molecule has 0 atom stereocenters. The molecule has 29 heavy (non-hydrogen) atoms. The fourth-order valence-corrected chi connectivity index (χ4v) is 3.55. The lowest BCUT2D eigenvalue weighted by Crippen LogP contribution is -2.32. The molecule has 3 heterocycles. The number of likely N-dealkylation sites (N-methyl/N-ethyl adjacent to an activating group) is 1. The minimum atomic E-state index is -0.321. The number of nitrogens with zero attached hydrogens (tertiary/aromatic N) is 4. The molecule has 9 heteroatoms. The number of H-pyrrole nitrogens is 1. The number of hydrogen-bond acceptors (Lipinski definition) is 6. The summed E-state index contributed by atoms with van der Waals surface area (Å²) in [7, 11) is 4.07. The zero-order valence-corrected chi connectivity index (χ0v) is 16.8. The van der Waals surface area contributed by atoms with Gasteiger partial charge in [-0.05, 0) is 57.1 Å². The first kappa shape index (κ1) is 19.1. The first-order chi connectivity index (χ1) is 13.9. The summed E-state index contributed by atoms with van der Waals surface area (Å²) in [5, 5.41) is 7.55. The predicted molar refractivity (Wildman–Crippen MR) is 107 cm³/mol. The van der Waals surface area contributed by atoms with E-state index in [0.29, 0.717) is 24.7 Å². The SMILES string of the molecule is Cc1noc(-c2[nH]c3ccc(CCN4C(=O)CNC4=O)cc3c2CCN(C)C)n1. The van der Waals surface area contributed by atoms with E-state index in [-0.39, 0.29) is 18.5 Å². The Bertz CT molecular complexity index is 1050. The third-order valence-electron chi connectivity index (χ3n) is 5.08. The van der Waals surface area contributed by atoms with Gasteiger partial charge in [0.15, 0.2) is 5.82 Å². The van der Waals surface area contributed by atoms with E-state index in [2.05, 4.69) is 31.4 Å². The predicted octanol–water partition coefficient (Wildman–Crippen LogP) is 1.72. The van der Waals surface area contributed by atoms with Crippen LogP contribution >= 0.6 is 0 Å². The number of urea groups is 1. The normalized spacial score (nSPS) is 14.4. The summed E-state index contributed by atoms with van der Waals surface area (Å²) in [6.45, 7) is 3.11. The zero-order valence-electron chi connectivity index (χ0n) is 16.8. The van der Waals surface area contributed by atoms with Gasteiger partial charge in [-0.2, -0.15) is 4.98 Å². The quantitative estimate of drug-likeness (QED) is 0.589. The van der Waals surface area contributed by atoms with Gasteiger partial charge < -0.3 is 19.7 Å². The lowest BCUT2D eigenvalue weighted by molar-refractivity contribution is -0.124. The summed E-state index contributed by atoms with van der Waals surface area (Å²) in [6, 6.07) is 5.82. The molecule has 1 saturated heterocycles. The molecule has 3 aromatic rings. The van der Waals surface area contributed by atoms with Gasteiger partial charge in [-0.25, -0.2) is 4.79 Å². The Balaban J connectivity index is 1.66. The van der Waals surface area contributed by atoms with Gasteiger partial charge in [-0.15, -0.1) is 0 Å². The van der Waals surface area contributed by atoms with E-state index >= 15 is 0 Å². The maximum Gasteiger partial charge on any atom is 0.324 e. The molecule has 0 aliphatic carbocycles. The van der Waals surface area contributed by atoms with E-state index in [4.69, 9.17) is 4.52 Å². The van der Waals surface area contributed by atoms with Gasteiger partial charge in [-0.3, -0.25) is 9.69 Å². The monoisotopic (exact) mass is 396 g/mol. The van der Waals surface area contributed by atoms with Gasteiger partial charge in [0.2, 0.25) is 5.91 Å². The van der Waals surface area contributed by atoms with Crippen molar-refractivity contribution in [1.82, 2.24) is 30.2 Å². The second-order valence-corrected chi connectivity index (χ2v) is 7.51. The summed E-state index contributed by atoms with van der Waals surface area (Å²) in [5.74, 6) is 0.887. The standard InChI is InChI=1S/C20H24N6O3/c1-12-22-19(29-24-12)18-14(7-8-25(2)3)15-10-13(4-5-16(15)23-18)6-9-26-17(27)11-21-20(26)28/h4-5,10,23H,6-9,11H2,1-3H3,(H,21,28). The molecule has 152 valence electrons. The molecule has 0 bridgehead atoms. The van der Waals surface area contributed by atoms with Crippen LogP contribution in [0.4, 0.5) is 4.79 Å². The third kappa shape index (κ3) is 3.86. The first-order valence-corrected chi connectivity index (χ1v) is 9.59. The van der Waals surface area contributed by atoms with E-state index in [1.807, 2.05) is 26.2 Å². The number of imide groups is 1. The molecule has 1 aromatic carbocycles. The van der Waals surface area contributed by atoms with Crippen molar-refractivity contribution in [3.05, 3.63) is 35.2 Å². The molecule has 0 spiro atoms. The van der Waals surface area contributed by atoms with Gasteiger partial charge in [0.25, 0.3) is 5.89 Å². The summed E-state index contributed by atoms with van der Waals surface area (Å²) >= 11 is 0. The van der Waals surface area contributed by atoms with Crippen LogP contribution in [0.5, 0.6) is 0 Å². The van der Waals surface area contributed by atoms with E-state index < -0.39 is 0 Å². The Kier molecular flexibility index (Phi) is 5.06. The number of aryl methyl sites for hydroxylation is 1. The fourth-order valence-electron chi connectivity index (χ4n) is 3.55. The molecule has 0 saturated carbocycles. The van der Waals surface area contributed by atoms with Crippen LogP contribution in [0.2, 0.25) is 0 Å². The van der Waals surface area contributed by atoms with E-state index in [1.165, 1.54) is 4.90 Å². The van der Waals surface area contributed by atoms with Gasteiger partial charge >= 0.3 is 6.03 Å². The van der Waals surface area contributed by atoms with Gasteiger partial charge in [0, 0.05) is 24.0 Å². The number of aromatic nitrogens is 3. The number of fused-ring (bicyclic) bond motifs is 1. The Morgan fingerprint density at radius 3 is 2.72 bits per heavy atom. The lowest BCUT2D eigenvalue weighted by atomic mass is 10.0. The lowest BCUT2D eigenvalue weighted by Gasteiger charge is -2.12. The van der Waals surface area contributed by atoms with Crippen molar-refractivity contribution in [1.29, 1.82) is 0 Å². The highest BCUT2D eigenvalue weighted by molar-refractivity contribution is 6.02. The van der Waals surface area contributed by atoms with Crippen LogP contribution < -0.4 is 5.32 Å². The summed E-state index contributed by atoms with van der Waals surface area (Å²) in [4.78, 5) is 34.7. The number of amides is 3. The van der Waals surface area contributed by atoms with Gasteiger partial charge in [0.1, 0.15) is 5.69 Å². The number of carbonyl (C=O) groups excluding carboxylic acids is 2. The highest BCUT2D eigenvalue weighted by atomic mass is 16.5. The second-order valence-electron chi connectivity index (χ2n) is 7.51. The molecule has 3 amide bonds. The molecule has 1 aliphatic heterocycles. The molecule has 1 aliphatic rings. The Labute approximate surface area is 168 Å². The zero-order chi connectivity index (χ0) is 20.5. The largest absolute Gasteiger partial charge is 0.350 e. The van der Waals surface area contributed by atoms with Crippen LogP contribution in [0.25, 0.3) is 22.5 Å². The minimum absolute atomic E-state index is 0.0807. The molecular formula is C20H24N6O3. The Morgan fingerprint density at radius 1 is 1.24 bits per heavy atom. The van der Waals surface area contributed by atoms with Crippen LogP contribution in [-0.4, -0.2) is 70.6 Å². The molecule has 2 aromatic heterocycles. The van der Waals surface area contributed by atoms with Crippen molar-refractivity contribution in [2.75, 3.05) is 33.7 Å². The minimum Gasteiger partial charge on any atom is -0.350 e. The van der Waals surface area contributed by atoms with E-state index in [1.54, 1.807) is 6.92 Å². The highest BCUT2D eigenvalue weighted by Gasteiger charge is 2.27. The molecule has 9 nitrogen and oxygen atoms in total. The maximum absolute atomic E-state index is 11.8. The topological polar surface area (TPSA) is 107 Å². The van der Waals surface area contributed by atoms with Crippen LogP contribution in [0.1, 0.15) is 17.0 Å². The van der Waals surface area contributed by atoms with Crippen LogP contribution in [0.15, 0.2) is 22.7 Å². The number of benzene rings is 1. The smallest absolute Gasteiger partial charge is 0.324 e. The average Bonchev–Trinajstić information content (AvgIpc) is 3.36. The highest BCUT2D eigenvalue weighted by Crippen LogP contribution is 2.31. The van der Waals surface area contributed by atoms with E-state index in [9.17, 15) is 9.59 Å². The number of hydrogen-bond donors (Lipinski definition) is 2. The third-order valence-corrected chi connectivity index (χ3v) is 5.08. The summed E-state index contributed by atoms with van der Waals surface area (Å²) in [6.07, 6.45) is 1.42. The maximum atomic E-state index is 11.8. The number of carbonyl (C=O) groups is 2.